The minimum atomic E-state index is -3.59. The summed E-state index contributed by atoms with van der Waals surface area (Å²) in [5.41, 5.74) is 0. The average Bonchev–Trinajstić information content (AvgIpc) is 2.96. The minimum absolute atomic E-state index is 0.0773. The molecule has 1 unspecified atom stereocenters. The van der Waals surface area contributed by atoms with Gasteiger partial charge in [0.15, 0.2) is 0 Å². The number of carbonyl (C=O) groups is 1. The molecule has 10 heteroatoms. The van der Waals surface area contributed by atoms with Crippen molar-refractivity contribution in [3.63, 3.8) is 0 Å². The van der Waals surface area contributed by atoms with Crippen LogP contribution >= 0.6 is 27.3 Å². The molecule has 1 saturated heterocycles. The second-order valence-electron chi connectivity index (χ2n) is 4.23. The van der Waals surface area contributed by atoms with Crippen LogP contribution in [0.15, 0.2) is 4.34 Å². The molecule has 19 heavy (non-hydrogen) atoms. The largest absolute Gasteiger partial charge is 0.301 e. The summed E-state index contributed by atoms with van der Waals surface area (Å²) in [7, 11) is -3.59. The summed E-state index contributed by atoms with van der Waals surface area (Å²) in [4.78, 5) is 10.9. The highest BCUT2D eigenvalue weighted by Gasteiger charge is 2.34. The van der Waals surface area contributed by atoms with Gasteiger partial charge in [0.25, 0.3) is 10.0 Å². The first-order valence-electron chi connectivity index (χ1n) is 5.60. The molecule has 0 saturated carbocycles. The molecule has 2 rings (SSSR count). The van der Waals surface area contributed by atoms with Gasteiger partial charge in [-0.05, 0) is 12.3 Å². The highest BCUT2D eigenvalue weighted by Crippen LogP contribution is 2.28. The zero-order chi connectivity index (χ0) is 14.0. The monoisotopic (exact) mass is 368 g/mol. The van der Waals surface area contributed by atoms with Crippen molar-refractivity contribution < 1.29 is 13.2 Å². The van der Waals surface area contributed by atoms with Crippen molar-refractivity contribution in [2.24, 2.45) is 5.92 Å². The number of hydrogen-bond acceptors (Lipinski definition) is 6. The smallest absolute Gasteiger partial charge is 0.272 e. The van der Waals surface area contributed by atoms with Crippen molar-refractivity contribution >= 4 is 48.3 Å². The van der Waals surface area contributed by atoms with Gasteiger partial charge >= 0.3 is 0 Å². The van der Waals surface area contributed by atoms with Crippen molar-refractivity contribution in [3.05, 3.63) is 0 Å². The highest BCUT2D eigenvalue weighted by molar-refractivity contribution is 9.09. The summed E-state index contributed by atoms with van der Waals surface area (Å²) in [6.07, 6.45) is 0.835. The van der Waals surface area contributed by atoms with E-state index in [4.69, 9.17) is 0 Å². The Morgan fingerprint density at radius 2 is 2.32 bits per heavy atom. The molecule has 1 amide bonds. The van der Waals surface area contributed by atoms with Crippen molar-refractivity contribution in [1.82, 2.24) is 14.5 Å². The molecule has 0 spiro atoms. The lowest BCUT2D eigenvalue weighted by atomic mass is 10.2. The fraction of sp³-hybridized carbons (Fsp3) is 0.667. The van der Waals surface area contributed by atoms with E-state index in [0.717, 1.165) is 23.1 Å². The number of halogens is 1. The summed E-state index contributed by atoms with van der Waals surface area (Å²) < 4.78 is 25.9. The van der Waals surface area contributed by atoms with Crippen molar-refractivity contribution in [3.8, 4) is 0 Å². The van der Waals surface area contributed by atoms with Crippen LogP contribution in [0, 0.1) is 5.92 Å². The lowest BCUT2D eigenvalue weighted by Crippen LogP contribution is -2.29. The van der Waals surface area contributed by atoms with Gasteiger partial charge in [-0.15, -0.1) is 10.2 Å². The van der Waals surface area contributed by atoms with Crippen LogP contribution in [-0.4, -0.2) is 47.2 Å². The number of carbonyl (C=O) groups excluding carboxylic acids is 1. The third kappa shape index (κ3) is 3.30. The van der Waals surface area contributed by atoms with Crippen LogP contribution in [0.5, 0.6) is 0 Å². The Balaban J connectivity index is 2.16. The molecule has 0 bridgehead atoms. The van der Waals surface area contributed by atoms with E-state index < -0.39 is 10.0 Å². The normalized spacial score (nSPS) is 20.6. The van der Waals surface area contributed by atoms with E-state index in [0.29, 0.717) is 19.0 Å². The van der Waals surface area contributed by atoms with Crippen LogP contribution in [0.3, 0.4) is 0 Å². The van der Waals surface area contributed by atoms with E-state index in [1.165, 1.54) is 11.2 Å². The van der Waals surface area contributed by atoms with Gasteiger partial charge in [-0.1, -0.05) is 27.3 Å². The second-order valence-corrected chi connectivity index (χ2v) is 7.96. The van der Waals surface area contributed by atoms with Gasteiger partial charge in [0, 0.05) is 25.3 Å². The lowest BCUT2D eigenvalue weighted by Gasteiger charge is -2.13. The van der Waals surface area contributed by atoms with Crippen LogP contribution in [0.25, 0.3) is 0 Å². The molecule has 1 aromatic rings. The standard InChI is InChI=1S/C9H13BrN4O3S2/c1-6(15)11-8-12-13-9(18-8)19(16,17)14-3-2-7(4-10)5-14/h7H,2-5H2,1H3,(H,11,12,15). The predicted molar refractivity (Wildman–Crippen MR) is 74.9 cm³/mol. The molecule has 7 nitrogen and oxygen atoms in total. The molecule has 0 aromatic carbocycles. The maximum absolute atomic E-state index is 12.3. The van der Waals surface area contributed by atoms with E-state index in [-0.39, 0.29) is 15.4 Å². The van der Waals surface area contributed by atoms with Crippen LogP contribution in [-0.2, 0) is 14.8 Å². The number of rotatable bonds is 4. The molecule has 1 aliphatic rings. The zero-order valence-corrected chi connectivity index (χ0v) is 13.4. The van der Waals surface area contributed by atoms with Gasteiger partial charge in [-0.3, -0.25) is 4.79 Å². The van der Waals surface area contributed by atoms with Crippen LogP contribution in [0.4, 0.5) is 5.13 Å². The number of alkyl halides is 1. The summed E-state index contributed by atoms with van der Waals surface area (Å²) in [6.45, 7) is 2.31. The summed E-state index contributed by atoms with van der Waals surface area (Å²) in [5, 5.41) is 10.7. The Labute approximate surface area is 123 Å². The number of nitrogens with zero attached hydrogens (tertiary/aromatic N) is 3. The Kier molecular flexibility index (Phi) is 4.54. The molecule has 0 aliphatic carbocycles. The Bertz CT molecular complexity index is 574. The molecule has 0 radical (unpaired) electrons. The third-order valence-electron chi connectivity index (χ3n) is 2.72. The third-order valence-corrected chi connectivity index (χ3v) is 6.68. The van der Waals surface area contributed by atoms with E-state index in [2.05, 4.69) is 31.4 Å². The Morgan fingerprint density at radius 3 is 2.89 bits per heavy atom. The first-order valence-corrected chi connectivity index (χ1v) is 8.98. The molecule has 1 atom stereocenters. The average molecular weight is 369 g/mol. The quantitative estimate of drug-likeness (QED) is 0.629. The summed E-state index contributed by atoms with van der Waals surface area (Å²) in [5.74, 6) is 0.0261. The molecule has 1 N–H and O–H groups in total. The van der Waals surface area contributed by atoms with E-state index in [9.17, 15) is 13.2 Å². The maximum atomic E-state index is 12.3. The lowest BCUT2D eigenvalue weighted by molar-refractivity contribution is -0.114. The highest BCUT2D eigenvalue weighted by atomic mass is 79.9. The maximum Gasteiger partial charge on any atom is 0.272 e. The van der Waals surface area contributed by atoms with E-state index in [1.54, 1.807) is 0 Å². The number of sulfonamides is 1. The molecule has 1 aliphatic heterocycles. The van der Waals surface area contributed by atoms with Gasteiger partial charge in [-0.25, -0.2) is 8.42 Å². The van der Waals surface area contributed by atoms with Gasteiger partial charge in [0.2, 0.25) is 15.4 Å². The second kappa shape index (κ2) is 5.81. The number of nitrogens with one attached hydrogen (secondary N) is 1. The molecule has 2 heterocycles. The number of anilines is 1. The number of aromatic nitrogens is 2. The number of amides is 1. The van der Waals surface area contributed by atoms with E-state index in [1.807, 2.05) is 0 Å². The van der Waals surface area contributed by atoms with Crippen molar-refractivity contribution in [2.75, 3.05) is 23.7 Å². The SMILES string of the molecule is CC(=O)Nc1nnc(S(=O)(=O)N2CCC(CBr)C2)s1. The summed E-state index contributed by atoms with van der Waals surface area (Å²) in [6, 6.07) is 0. The fourth-order valence-electron chi connectivity index (χ4n) is 1.77. The van der Waals surface area contributed by atoms with Crippen LogP contribution in [0.1, 0.15) is 13.3 Å². The fourth-order valence-corrected chi connectivity index (χ4v) is 4.91. The first kappa shape index (κ1) is 14.8. The van der Waals surface area contributed by atoms with Gasteiger partial charge in [-0.2, -0.15) is 4.31 Å². The predicted octanol–water partition coefficient (Wildman–Crippen LogP) is 0.902. The van der Waals surface area contributed by atoms with Crippen molar-refractivity contribution in [2.45, 2.75) is 17.7 Å². The van der Waals surface area contributed by atoms with Gasteiger partial charge < -0.3 is 5.32 Å². The Hall–Kier alpha value is -0.580. The van der Waals surface area contributed by atoms with Crippen LogP contribution in [0.2, 0.25) is 0 Å². The van der Waals surface area contributed by atoms with E-state index >= 15 is 0 Å². The molecule has 1 fully saturated rings. The van der Waals surface area contributed by atoms with Crippen molar-refractivity contribution in [1.29, 1.82) is 0 Å². The Morgan fingerprint density at radius 1 is 1.58 bits per heavy atom. The first-order chi connectivity index (χ1) is 8.93. The van der Waals surface area contributed by atoms with Crippen LogP contribution < -0.4 is 5.32 Å². The minimum Gasteiger partial charge on any atom is -0.301 e. The van der Waals surface area contributed by atoms with Gasteiger partial charge in [0.1, 0.15) is 0 Å². The molecule has 1 aromatic heterocycles. The molecular formula is C9H13BrN4O3S2. The van der Waals surface area contributed by atoms with Gasteiger partial charge in [0.05, 0.1) is 0 Å². The zero-order valence-electron chi connectivity index (χ0n) is 10.2. The molecular weight excluding hydrogens is 356 g/mol. The summed E-state index contributed by atoms with van der Waals surface area (Å²) >= 11 is 4.23. The topological polar surface area (TPSA) is 92.3 Å². The number of hydrogen-bond donors (Lipinski definition) is 1. The molecule has 106 valence electrons.